The van der Waals surface area contributed by atoms with Crippen LogP contribution in [0.25, 0.3) is 0 Å². The van der Waals surface area contributed by atoms with Gasteiger partial charge in [0.2, 0.25) is 0 Å². The first-order valence-electron chi connectivity index (χ1n) is 10.2. The highest BCUT2D eigenvalue weighted by Gasteiger charge is 2.33. The molecule has 2 fully saturated rings. The summed E-state index contributed by atoms with van der Waals surface area (Å²) in [6, 6.07) is 0.777. The Kier molecular flexibility index (Phi) is 9.21. The van der Waals surface area contributed by atoms with Crippen molar-refractivity contribution in [2.24, 2.45) is 0 Å². The van der Waals surface area contributed by atoms with Gasteiger partial charge in [-0.3, -0.25) is 0 Å². The van der Waals surface area contributed by atoms with Gasteiger partial charge in [0.25, 0.3) is 0 Å². The fraction of sp³-hybridized carbons (Fsp3) is 0.762. The van der Waals surface area contributed by atoms with Crippen molar-refractivity contribution in [3.05, 3.63) is 24.3 Å². The minimum Gasteiger partial charge on any atom is -0.446 e. The largest absolute Gasteiger partial charge is 0.446 e. The first-order chi connectivity index (χ1) is 12.2. The molecule has 2 saturated carbocycles. The molecule has 0 aromatic heterocycles. The number of carbonyl (C=O) groups excluding carboxylic acids is 1. The van der Waals surface area contributed by atoms with E-state index in [-0.39, 0.29) is 12.2 Å². The van der Waals surface area contributed by atoms with E-state index in [1.807, 2.05) is 31.2 Å². The zero-order valence-electron chi connectivity index (χ0n) is 15.9. The summed E-state index contributed by atoms with van der Waals surface area (Å²) >= 11 is 0. The molecule has 0 heterocycles. The average molecular weight is 343 g/mol. The predicted molar refractivity (Wildman–Crippen MR) is 105 cm³/mol. The van der Waals surface area contributed by atoms with Crippen LogP contribution >= 0.6 is 0 Å². The summed E-state index contributed by atoms with van der Waals surface area (Å²) in [7, 11) is 5.42. The van der Waals surface area contributed by atoms with Crippen LogP contribution in [0.2, 0.25) is 6.32 Å². The molecule has 1 atom stereocenters. The van der Waals surface area contributed by atoms with Gasteiger partial charge in [0.05, 0.1) is 7.85 Å². The molecule has 2 rings (SSSR count). The van der Waals surface area contributed by atoms with Crippen molar-refractivity contribution in [3.63, 3.8) is 0 Å². The van der Waals surface area contributed by atoms with E-state index in [9.17, 15) is 4.79 Å². The molecule has 138 valence electrons. The van der Waals surface area contributed by atoms with Crippen LogP contribution in [-0.4, -0.2) is 37.0 Å². The normalized spacial score (nSPS) is 21.6. The number of hydrogen-bond donors (Lipinski definition) is 0. The first-order valence-corrected chi connectivity index (χ1v) is 10.2. The fourth-order valence-electron chi connectivity index (χ4n) is 4.10. The van der Waals surface area contributed by atoms with Crippen molar-refractivity contribution in [1.29, 1.82) is 0 Å². The molecule has 1 amide bonds. The topological polar surface area (TPSA) is 29.5 Å². The standard InChI is InChI=1S/C21H34BNO2/c1-18(12-6-2-3-11-17-22)25-21(24)23(19-13-7-4-8-14-19)20-15-9-5-10-16-20/h2-3,6,11,18-20H,4-5,7-10,12-17H2,1H3. The number of rotatable bonds is 7. The third-order valence-electron chi connectivity index (χ3n) is 5.44. The van der Waals surface area contributed by atoms with E-state index in [4.69, 9.17) is 12.6 Å². The second kappa shape index (κ2) is 11.4. The summed E-state index contributed by atoms with van der Waals surface area (Å²) in [6.07, 6.45) is 21.1. The molecule has 25 heavy (non-hydrogen) atoms. The Labute approximate surface area is 155 Å². The molecule has 4 heteroatoms. The Balaban J connectivity index is 1.91. The quantitative estimate of drug-likeness (QED) is 0.447. The third-order valence-corrected chi connectivity index (χ3v) is 5.44. The summed E-state index contributed by atoms with van der Waals surface area (Å²) in [4.78, 5) is 15.1. The second-order valence-electron chi connectivity index (χ2n) is 7.51. The second-order valence-corrected chi connectivity index (χ2v) is 7.51. The van der Waals surface area contributed by atoms with E-state index >= 15 is 0 Å². The predicted octanol–water partition coefficient (Wildman–Crippen LogP) is 5.57. The van der Waals surface area contributed by atoms with Crippen molar-refractivity contribution in [2.45, 2.75) is 102 Å². The molecular weight excluding hydrogens is 309 g/mol. The van der Waals surface area contributed by atoms with Gasteiger partial charge in [0.15, 0.2) is 0 Å². The molecule has 3 nitrogen and oxygen atoms in total. The lowest BCUT2D eigenvalue weighted by atomic mass is 9.89. The molecule has 2 aliphatic carbocycles. The van der Waals surface area contributed by atoms with E-state index in [0.29, 0.717) is 18.4 Å². The number of ether oxygens (including phenoxy) is 1. The molecule has 0 aliphatic heterocycles. The zero-order valence-corrected chi connectivity index (χ0v) is 15.9. The Bertz CT molecular complexity index is 419. The first kappa shape index (κ1) is 20.1. The fourth-order valence-corrected chi connectivity index (χ4v) is 4.10. The number of carbonyl (C=O) groups is 1. The van der Waals surface area contributed by atoms with Gasteiger partial charge in [-0.15, -0.1) is 0 Å². The SMILES string of the molecule is [B]CC=CC=CCC(C)OC(=O)N(C1CCCCC1)C1CCCCC1. The molecular formula is C21H34BNO2. The van der Waals surface area contributed by atoms with E-state index in [1.54, 1.807) is 0 Å². The summed E-state index contributed by atoms with van der Waals surface area (Å²) < 4.78 is 5.81. The number of allylic oxidation sites excluding steroid dienone is 3. The molecule has 0 spiro atoms. The monoisotopic (exact) mass is 343 g/mol. The minimum absolute atomic E-state index is 0.0859. The van der Waals surface area contributed by atoms with Crippen LogP contribution in [0.15, 0.2) is 24.3 Å². The lowest BCUT2D eigenvalue weighted by molar-refractivity contribution is 0.0265. The van der Waals surface area contributed by atoms with Crippen LogP contribution in [0.4, 0.5) is 4.79 Å². The highest BCUT2D eigenvalue weighted by atomic mass is 16.6. The molecule has 2 radical (unpaired) electrons. The Morgan fingerprint density at radius 3 is 2.04 bits per heavy atom. The van der Waals surface area contributed by atoms with Crippen LogP contribution in [0.5, 0.6) is 0 Å². The summed E-state index contributed by atoms with van der Waals surface area (Å²) in [5, 5.41) is 0. The van der Waals surface area contributed by atoms with Gasteiger partial charge in [-0.2, -0.15) is 0 Å². The van der Waals surface area contributed by atoms with Gasteiger partial charge in [-0.05, 0) is 32.6 Å². The molecule has 2 aliphatic rings. The highest BCUT2D eigenvalue weighted by Crippen LogP contribution is 2.31. The summed E-state index contributed by atoms with van der Waals surface area (Å²) in [6.45, 7) is 1.98. The average Bonchev–Trinajstić information content (AvgIpc) is 2.63. The Morgan fingerprint density at radius 1 is 1.00 bits per heavy atom. The van der Waals surface area contributed by atoms with E-state index in [0.717, 1.165) is 32.1 Å². The smallest absolute Gasteiger partial charge is 0.410 e. The van der Waals surface area contributed by atoms with Gasteiger partial charge in [-0.1, -0.05) is 69.1 Å². The Morgan fingerprint density at radius 2 is 1.52 bits per heavy atom. The maximum absolute atomic E-state index is 12.9. The van der Waals surface area contributed by atoms with E-state index in [1.165, 1.54) is 38.5 Å². The molecule has 0 saturated heterocycles. The van der Waals surface area contributed by atoms with Gasteiger partial charge in [-0.25, -0.2) is 4.79 Å². The minimum atomic E-state index is -0.0929. The molecule has 0 bridgehead atoms. The van der Waals surface area contributed by atoms with E-state index in [2.05, 4.69) is 4.90 Å². The molecule has 1 unspecified atom stereocenters. The van der Waals surface area contributed by atoms with Crippen molar-refractivity contribution in [1.82, 2.24) is 4.90 Å². The maximum Gasteiger partial charge on any atom is 0.410 e. The summed E-state index contributed by atoms with van der Waals surface area (Å²) in [5.41, 5.74) is 0. The van der Waals surface area contributed by atoms with Gasteiger partial charge in [0.1, 0.15) is 6.10 Å². The van der Waals surface area contributed by atoms with Gasteiger partial charge in [0, 0.05) is 18.5 Å². The molecule has 0 aromatic carbocycles. The van der Waals surface area contributed by atoms with E-state index < -0.39 is 0 Å². The van der Waals surface area contributed by atoms with Gasteiger partial charge < -0.3 is 9.64 Å². The lowest BCUT2D eigenvalue weighted by Crippen LogP contribution is -2.49. The summed E-state index contributed by atoms with van der Waals surface area (Å²) in [5.74, 6) is 0. The lowest BCUT2D eigenvalue weighted by Gasteiger charge is -2.41. The van der Waals surface area contributed by atoms with Crippen LogP contribution in [-0.2, 0) is 4.74 Å². The molecule has 0 aromatic rings. The Hall–Kier alpha value is -1.19. The number of amides is 1. The van der Waals surface area contributed by atoms with Crippen molar-refractivity contribution >= 4 is 13.9 Å². The molecule has 0 N–H and O–H groups in total. The highest BCUT2D eigenvalue weighted by molar-refractivity contribution is 6.09. The zero-order chi connectivity index (χ0) is 17.9. The maximum atomic E-state index is 12.9. The van der Waals surface area contributed by atoms with Crippen molar-refractivity contribution in [3.8, 4) is 0 Å². The van der Waals surface area contributed by atoms with Crippen molar-refractivity contribution in [2.75, 3.05) is 0 Å². The number of nitrogens with zero attached hydrogens (tertiary/aromatic N) is 1. The van der Waals surface area contributed by atoms with Crippen LogP contribution < -0.4 is 0 Å². The number of hydrogen-bond acceptors (Lipinski definition) is 2. The van der Waals surface area contributed by atoms with Crippen LogP contribution in [0, 0.1) is 0 Å². The third kappa shape index (κ3) is 6.91. The van der Waals surface area contributed by atoms with Gasteiger partial charge >= 0.3 is 6.09 Å². The van der Waals surface area contributed by atoms with Crippen LogP contribution in [0.1, 0.15) is 77.6 Å². The van der Waals surface area contributed by atoms with Crippen LogP contribution in [0.3, 0.4) is 0 Å². The van der Waals surface area contributed by atoms with Crippen molar-refractivity contribution < 1.29 is 9.53 Å².